The molecule has 2 N–H and O–H groups in total. The lowest BCUT2D eigenvalue weighted by Crippen LogP contribution is -2.11. The maximum atomic E-state index is 11.9. The molecular weight excluding hydrogens is 214 g/mol. The zero-order valence-corrected chi connectivity index (χ0v) is 9.47. The molecule has 1 aromatic carbocycles. The number of benzene rings is 1. The number of hydrogen-bond acceptors (Lipinski definition) is 3. The zero-order chi connectivity index (χ0) is 12.1. The van der Waals surface area contributed by atoms with Crippen LogP contribution in [0.1, 0.15) is 10.4 Å². The molecule has 17 heavy (non-hydrogen) atoms. The smallest absolute Gasteiger partial charge is 0.255 e. The van der Waals surface area contributed by atoms with E-state index < -0.39 is 0 Å². The second-order valence-electron chi connectivity index (χ2n) is 3.52. The molecule has 0 aliphatic heterocycles. The fourth-order valence-electron chi connectivity index (χ4n) is 1.45. The van der Waals surface area contributed by atoms with E-state index in [0.717, 1.165) is 11.4 Å². The van der Waals surface area contributed by atoms with Gasteiger partial charge in [-0.3, -0.25) is 9.78 Å². The predicted molar refractivity (Wildman–Crippen MR) is 68.2 cm³/mol. The lowest BCUT2D eigenvalue weighted by molar-refractivity contribution is 0.102. The van der Waals surface area contributed by atoms with Crippen molar-refractivity contribution in [1.29, 1.82) is 0 Å². The van der Waals surface area contributed by atoms with Gasteiger partial charge in [0.25, 0.3) is 5.91 Å². The van der Waals surface area contributed by atoms with Crippen molar-refractivity contribution in [2.45, 2.75) is 0 Å². The monoisotopic (exact) mass is 227 g/mol. The third-order valence-electron chi connectivity index (χ3n) is 2.35. The quantitative estimate of drug-likeness (QED) is 0.846. The SMILES string of the molecule is CNc1cccc(C(=O)Nc2ccncc2)c1. The highest BCUT2D eigenvalue weighted by Gasteiger charge is 2.05. The summed E-state index contributed by atoms with van der Waals surface area (Å²) in [6.45, 7) is 0. The number of aromatic nitrogens is 1. The summed E-state index contributed by atoms with van der Waals surface area (Å²) in [5.41, 5.74) is 2.26. The summed E-state index contributed by atoms with van der Waals surface area (Å²) in [6.07, 6.45) is 3.28. The molecule has 1 aromatic heterocycles. The maximum absolute atomic E-state index is 11.9. The van der Waals surface area contributed by atoms with E-state index in [1.54, 1.807) is 36.7 Å². The number of rotatable bonds is 3. The van der Waals surface area contributed by atoms with Gasteiger partial charge in [0.2, 0.25) is 0 Å². The first-order chi connectivity index (χ1) is 8.29. The van der Waals surface area contributed by atoms with Crippen molar-refractivity contribution in [2.24, 2.45) is 0 Å². The highest BCUT2D eigenvalue weighted by Crippen LogP contribution is 2.12. The summed E-state index contributed by atoms with van der Waals surface area (Å²) >= 11 is 0. The van der Waals surface area contributed by atoms with Crippen LogP contribution in [0.5, 0.6) is 0 Å². The highest BCUT2D eigenvalue weighted by molar-refractivity contribution is 6.04. The van der Waals surface area contributed by atoms with Gasteiger partial charge in [0.05, 0.1) is 0 Å². The number of carbonyl (C=O) groups excluding carboxylic acids is 1. The Bertz CT molecular complexity index is 511. The third-order valence-corrected chi connectivity index (χ3v) is 2.35. The van der Waals surface area contributed by atoms with Crippen molar-refractivity contribution >= 4 is 17.3 Å². The van der Waals surface area contributed by atoms with Crippen LogP contribution in [0.3, 0.4) is 0 Å². The minimum absolute atomic E-state index is 0.131. The van der Waals surface area contributed by atoms with Gasteiger partial charge in [-0.05, 0) is 30.3 Å². The molecule has 0 aliphatic rings. The number of anilines is 2. The van der Waals surface area contributed by atoms with Crippen molar-refractivity contribution in [3.05, 3.63) is 54.4 Å². The molecule has 0 unspecified atom stereocenters. The first-order valence-corrected chi connectivity index (χ1v) is 5.29. The van der Waals surface area contributed by atoms with Crippen LogP contribution in [0.25, 0.3) is 0 Å². The van der Waals surface area contributed by atoms with E-state index in [4.69, 9.17) is 0 Å². The van der Waals surface area contributed by atoms with Crippen LogP contribution in [0.4, 0.5) is 11.4 Å². The van der Waals surface area contributed by atoms with Crippen LogP contribution in [0.2, 0.25) is 0 Å². The minimum Gasteiger partial charge on any atom is -0.388 e. The lowest BCUT2D eigenvalue weighted by Gasteiger charge is -2.06. The zero-order valence-electron chi connectivity index (χ0n) is 9.47. The normalized spacial score (nSPS) is 9.71. The highest BCUT2D eigenvalue weighted by atomic mass is 16.1. The molecule has 0 aliphatic carbocycles. The van der Waals surface area contributed by atoms with Gasteiger partial charge in [-0.25, -0.2) is 0 Å². The Balaban J connectivity index is 2.14. The maximum Gasteiger partial charge on any atom is 0.255 e. The van der Waals surface area contributed by atoms with E-state index >= 15 is 0 Å². The Morgan fingerprint density at radius 2 is 1.88 bits per heavy atom. The second kappa shape index (κ2) is 5.12. The van der Waals surface area contributed by atoms with E-state index in [0.29, 0.717) is 5.56 Å². The van der Waals surface area contributed by atoms with Gasteiger partial charge in [0, 0.05) is 36.4 Å². The van der Waals surface area contributed by atoms with E-state index in [9.17, 15) is 4.79 Å². The van der Waals surface area contributed by atoms with Crippen LogP contribution in [-0.2, 0) is 0 Å². The van der Waals surface area contributed by atoms with E-state index in [1.807, 2.05) is 19.2 Å². The Morgan fingerprint density at radius 1 is 1.12 bits per heavy atom. The van der Waals surface area contributed by atoms with Gasteiger partial charge in [-0.2, -0.15) is 0 Å². The molecule has 0 saturated carbocycles. The van der Waals surface area contributed by atoms with Crippen LogP contribution < -0.4 is 10.6 Å². The Labute approximate surface area is 99.7 Å². The molecule has 1 amide bonds. The molecule has 4 nitrogen and oxygen atoms in total. The van der Waals surface area contributed by atoms with Crippen molar-refractivity contribution in [3.63, 3.8) is 0 Å². The molecule has 0 saturated heterocycles. The summed E-state index contributed by atoms with van der Waals surface area (Å²) in [5, 5.41) is 5.80. The fraction of sp³-hybridized carbons (Fsp3) is 0.0769. The van der Waals surface area contributed by atoms with E-state index in [2.05, 4.69) is 15.6 Å². The number of nitrogens with one attached hydrogen (secondary N) is 2. The summed E-state index contributed by atoms with van der Waals surface area (Å²) in [7, 11) is 1.82. The topological polar surface area (TPSA) is 54.0 Å². The summed E-state index contributed by atoms with van der Waals surface area (Å²) in [6, 6.07) is 10.8. The number of pyridine rings is 1. The van der Waals surface area contributed by atoms with Gasteiger partial charge in [-0.15, -0.1) is 0 Å². The average Bonchev–Trinajstić information content (AvgIpc) is 2.40. The van der Waals surface area contributed by atoms with Crippen LogP contribution in [0, 0.1) is 0 Å². The molecule has 0 spiro atoms. The number of carbonyl (C=O) groups is 1. The van der Waals surface area contributed by atoms with Crippen LogP contribution in [-0.4, -0.2) is 17.9 Å². The number of nitrogens with zero attached hydrogens (tertiary/aromatic N) is 1. The molecule has 1 heterocycles. The van der Waals surface area contributed by atoms with Crippen molar-refractivity contribution in [3.8, 4) is 0 Å². The number of hydrogen-bond donors (Lipinski definition) is 2. The van der Waals surface area contributed by atoms with E-state index in [1.165, 1.54) is 0 Å². The lowest BCUT2D eigenvalue weighted by atomic mass is 10.2. The van der Waals surface area contributed by atoms with Gasteiger partial charge in [0.1, 0.15) is 0 Å². The summed E-state index contributed by atoms with van der Waals surface area (Å²) in [4.78, 5) is 15.8. The third kappa shape index (κ3) is 2.81. The van der Waals surface area contributed by atoms with Gasteiger partial charge < -0.3 is 10.6 Å². The van der Waals surface area contributed by atoms with E-state index in [-0.39, 0.29) is 5.91 Å². The standard InChI is InChI=1S/C13H13N3O/c1-14-12-4-2-3-10(9-12)13(17)16-11-5-7-15-8-6-11/h2-9,14H,1H3,(H,15,16,17). The summed E-state index contributed by atoms with van der Waals surface area (Å²) < 4.78 is 0. The number of amides is 1. The first-order valence-electron chi connectivity index (χ1n) is 5.29. The molecule has 0 fully saturated rings. The fourth-order valence-corrected chi connectivity index (χ4v) is 1.45. The van der Waals surface area contributed by atoms with Gasteiger partial charge >= 0.3 is 0 Å². The first kappa shape index (κ1) is 11.1. The largest absolute Gasteiger partial charge is 0.388 e. The van der Waals surface area contributed by atoms with Crippen LogP contribution >= 0.6 is 0 Å². The molecule has 2 aromatic rings. The predicted octanol–water partition coefficient (Wildman–Crippen LogP) is 2.38. The summed E-state index contributed by atoms with van der Waals surface area (Å²) in [5.74, 6) is -0.131. The molecule has 2 rings (SSSR count). The van der Waals surface area contributed by atoms with Crippen molar-refractivity contribution in [2.75, 3.05) is 17.7 Å². The molecule has 4 heteroatoms. The van der Waals surface area contributed by atoms with Crippen LogP contribution in [0.15, 0.2) is 48.8 Å². The Hall–Kier alpha value is -2.36. The van der Waals surface area contributed by atoms with Crippen molar-refractivity contribution < 1.29 is 4.79 Å². The average molecular weight is 227 g/mol. The Kier molecular flexibility index (Phi) is 3.35. The van der Waals surface area contributed by atoms with Crippen molar-refractivity contribution in [1.82, 2.24) is 4.98 Å². The van der Waals surface area contributed by atoms with Gasteiger partial charge in [0.15, 0.2) is 0 Å². The second-order valence-corrected chi connectivity index (χ2v) is 3.52. The molecule has 0 radical (unpaired) electrons. The molecule has 0 bridgehead atoms. The molecular formula is C13H13N3O. The molecule has 0 atom stereocenters. The Morgan fingerprint density at radius 3 is 2.59 bits per heavy atom. The van der Waals surface area contributed by atoms with Gasteiger partial charge in [-0.1, -0.05) is 6.07 Å². The molecule has 86 valence electrons. The minimum atomic E-state index is -0.131.